The van der Waals surface area contributed by atoms with Crippen molar-refractivity contribution in [2.75, 3.05) is 26.3 Å². The molecule has 0 radical (unpaired) electrons. The second kappa shape index (κ2) is 5.99. The molecule has 0 bridgehead atoms. The van der Waals surface area contributed by atoms with Crippen molar-refractivity contribution in [3.8, 4) is 11.5 Å². The van der Waals surface area contributed by atoms with Crippen LogP contribution in [0.5, 0.6) is 11.5 Å². The van der Waals surface area contributed by atoms with Crippen molar-refractivity contribution in [3.05, 3.63) is 23.8 Å². The molecule has 0 spiro atoms. The number of morpholine rings is 1. The fourth-order valence-electron chi connectivity index (χ4n) is 2.88. The maximum absolute atomic E-state index is 9.62. The Balaban J connectivity index is 0.00000133. The Bertz CT molecular complexity index is 439. The van der Waals surface area contributed by atoms with Gasteiger partial charge in [-0.3, -0.25) is 4.90 Å². The summed E-state index contributed by atoms with van der Waals surface area (Å²) in [5, 5.41) is 9.62. The van der Waals surface area contributed by atoms with Gasteiger partial charge in [0.2, 0.25) is 0 Å². The second-order valence-corrected chi connectivity index (χ2v) is 4.93. The molecule has 2 aliphatic rings. The first-order valence-electron chi connectivity index (χ1n) is 6.61. The Hall–Kier alpha value is -0.970. The van der Waals surface area contributed by atoms with Crippen LogP contribution in [0.1, 0.15) is 25.0 Å². The Morgan fingerprint density at radius 2 is 2.26 bits per heavy atom. The van der Waals surface area contributed by atoms with Gasteiger partial charge >= 0.3 is 0 Å². The van der Waals surface area contributed by atoms with Gasteiger partial charge in [-0.1, -0.05) is 6.92 Å². The molecule has 0 aliphatic carbocycles. The number of nitrogens with zero attached hydrogens (tertiary/aromatic N) is 1. The lowest BCUT2D eigenvalue weighted by molar-refractivity contribution is -0.0956. The molecule has 0 amide bonds. The van der Waals surface area contributed by atoms with Gasteiger partial charge in [0, 0.05) is 12.1 Å². The van der Waals surface area contributed by atoms with Gasteiger partial charge < -0.3 is 27.0 Å². The van der Waals surface area contributed by atoms with E-state index in [1.165, 1.54) is 0 Å². The van der Waals surface area contributed by atoms with E-state index in [-0.39, 0.29) is 30.3 Å². The number of ether oxygens (including phenoxy) is 2. The minimum atomic E-state index is 0. The molecule has 106 valence electrons. The first kappa shape index (κ1) is 14.4. The van der Waals surface area contributed by atoms with Crippen molar-refractivity contribution < 1.29 is 27.0 Å². The number of aromatic hydroxyl groups is 1. The van der Waals surface area contributed by atoms with Crippen LogP contribution in [0.3, 0.4) is 0 Å². The van der Waals surface area contributed by atoms with E-state index in [2.05, 4.69) is 11.8 Å². The number of rotatable bonds is 2. The van der Waals surface area contributed by atoms with Crippen LogP contribution in [0, 0.1) is 0 Å². The van der Waals surface area contributed by atoms with E-state index in [0.29, 0.717) is 6.61 Å². The van der Waals surface area contributed by atoms with Crippen LogP contribution in [0.25, 0.3) is 0 Å². The zero-order valence-electron chi connectivity index (χ0n) is 11.0. The first-order valence-corrected chi connectivity index (χ1v) is 6.61. The smallest absolute Gasteiger partial charge is 0.125 e. The Kier molecular flexibility index (Phi) is 4.55. The molecular formula is C14H19ClNO3-. The summed E-state index contributed by atoms with van der Waals surface area (Å²) >= 11 is 0. The molecule has 4 nitrogen and oxygen atoms in total. The highest BCUT2D eigenvalue weighted by molar-refractivity contribution is 5.43. The lowest BCUT2D eigenvalue weighted by atomic mass is 9.96. The third-order valence-corrected chi connectivity index (χ3v) is 3.71. The number of phenols is 1. The highest BCUT2D eigenvalue weighted by atomic mass is 35.5. The molecule has 1 fully saturated rings. The van der Waals surface area contributed by atoms with Crippen LogP contribution >= 0.6 is 0 Å². The van der Waals surface area contributed by atoms with Gasteiger partial charge in [0.25, 0.3) is 0 Å². The van der Waals surface area contributed by atoms with E-state index >= 15 is 0 Å². The summed E-state index contributed by atoms with van der Waals surface area (Å²) in [4.78, 5) is 2.43. The third-order valence-electron chi connectivity index (χ3n) is 3.71. The Morgan fingerprint density at radius 3 is 3.05 bits per heavy atom. The average molecular weight is 285 g/mol. The van der Waals surface area contributed by atoms with Gasteiger partial charge in [-0.25, -0.2) is 0 Å². The first-order chi connectivity index (χ1) is 8.79. The topological polar surface area (TPSA) is 41.9 Å². The van der Waals surface area contributed by atoms with Crippen molar-refractivity contribution in [2.45, 2.75) is 25.5 Å². The molecule has 1 aromatic carbocycles. The molecule has 2 atom stereocenters. The summed E-state index contributed by atoms with van der Waals surface area (Å²) < 4.78 is 11.7. The predicted molar refractivity (Wildman–Crippen MR) is 67.9 cm³/mol. The summed E-state index contributed by atoms with van der Waals surface area (Å²) in [6.07, 6.45) is 1.16. The van der Waals surface area contributed by atoms with E-state index in [4.69, 9.17) is 9.47 Å². The van der Waals surface area contributed by atoms with Crippen LogP contribution in [-0.2, 0) is 4.74 Å². The lowest BCUT2D eigenvalue weighted by Crippen LogP contribution is -3.00. The van der Waals surface area contributed by atoms with E-state index in [1.54, 1.807) is 12.1 Å². The molecule has 2 aliphatic heterocycles. The van der Waals surface area contributed by atoms with Gasteiger partial charge in [-0.15, -0.1) is 0 Å². The molecule has 1 N–H and O–H groups in total. The number of hydrogen-bond acceptors (Lipinski definition) is 4. The monoisotopic (exact) mass is 284 g/mol. The fourth-order valence-corrected chi connectivity index (χ4v) is 2.88. The van der Waals surface area contributed by atoms with E-state index in [1.807, 2.05) is 6.07 Å². The van der Waals surface area contributed by atoms with Crippen molar-refractivity contribution in [3.63, 3.8) is 0 Å². The van der Waals surface area contributed by atoms with Gasteiger partial charge in [-0.2, -0.15) is 0 Å². The van der Waals surface area contributed by atoms with Crippen molar-refractivity contribution in [1.82, 2.24) is 4.90 Å². The number of phenolic OH excluding ortho intramolecular Hbond substituents is 1. The lowest BCUT2D eigenvalue weighted by Gasteiger charge is -2.44. The average Bonchev–Trinajstić information content (AvgIpc) is 2.39. The minimum Gasteiger partial charge on any atom is -1.00 e. The normalized spacial score (nSPS) is 25.7. The molecule has 2 heterocycles. The van der Waals surface area contributed by atoms with Crippen molar-refractivity contribution in [1.29, 1.82) is 0 Å². The molecule has 5 heteroatoms. The Labute approximate surface area is 119 Å². The molecule has 19 heavy (non-hydrogen) atoms. The number of benzene rings is 1. The maximum Gasteiger partial charge on any atom is 0.125 e. The van der Waals surface area contributed by atoms with Gasteiger partial charge in [-0.05, 0) is 31.2 Å². The van der Waals surface area contributed by atoms with Gasteiger partial charge in [0.1, 0.15) is 24.2 Å². The zero-order chi connectivity index (χ0) is 12.5. The second-order valence-electron chi connectivity index (χ2n) is 4.93. The number of hydrogen-bond donors (Lipinski definition) is 1. The third kappa shape index (κ3) is 2.66. The van der Waals surface area contributed by atoms with Crippen LogP contribution in [-0.4, -0.2) is 42.4 Å². The van der Waals surface area contributed by atoms with Crippen LogP contribution in [0.2, 0.25) is 0 Å². The molecular weight excluding hydrogens is 266 g/mol. The molecule has 3 rings (SSSR count). The van der Waals surface area contributed by atoms with E-state index < -0.39 is 0 Å². The quantitative estimate of drug-likeness (QED) is 0.752. The summed E-state index contributed by atoms with van der Waals surface area (Å²) in [6, 6.07) is 5.52. The molecule has 0 saturated carbocycles. The standard InChI is InChI=1S/C14H19NO3.ClH/c1-2-5-15-6-7-17-14-11-8-10(16)3-4-13(11)18-9-12(14)15;/h3-4,8,12,14,16H,2,5-7,9H2,1H3;1H/p-1/t12-,14-;/m1./s1. The van der Waals surface area contributed by atoms with Crippen LogP contribution in [0.4, 0.5) is 0 Å². The van der Waals surface area contributed by atoms with Crippen molar-refractivity contribution in [2.24, 2.45) is 0 Å². The maximum atomic E-state index is 9.62. The largest absolute Gasteiger partial charge is 1.00 e. The SMILES string of the molecule is CCCN1CCO[C@@H]2c3cc(O)ccc3OC[C@H]21.[Cl-]. The molecule has 1 saturated heterocycles. The Morgan fingerprint density at radius 1 is 1.42 bits per heavy atom. The fraction of sp³-hybridized carbons (Fsp3) is 0.571. The summed E-state index contributed by atoms with van der Waals surface area (Å²) in [7, 11) is 0. The van der Waals surface area contributed by atoms with Crippen molar-refractivity contribution >= 4 is 0 Å². The van der Waals surface area contributed by atoms with Crippen LogP contribution in [0.15, 0.2) is 18.2 Å². The summed E-state index contributed by atoms with van der Waals surface area (Å²) in [5.74, 6) is 1.11. The number of fused-ring (bicyclic) bond motifs is 3. The molecule has 1 aromatic rings. The zero-order valence-corrected chi connectivity index (χ0v) is 11.8. The van der Waals surface area contributed by atoms with Gasteiger partial charge in [0.05, 0.1) is 12.6 Å². The highest BCUT2D eigenvalue weighted by Crippen LogP contribution is 2.40. The molecule has 0 unspecified atom stereocenters. The highest BCUT2D eigenvalue weighted by Gasteiger charge is 2.38. The van der Waals surface area contributed by atoms with Crippen LogP contribution < -0.4 is 17.1 Å². The van der Waals surface area contributed by atoms with E-state index in [9.17, 15) is 5.11 Å². The van der Waals surface area contributed by atoms with Gasteiger partial charge in [0.15, 0.2) is 0 Å². The predicted octanol–water partition coefficient (Wildman–Crippen LogP) is -1.06. The summed E-state index contributed by atoms with van der Waals surface area (Å²) in [5.41, 5.74) is 0.979. The number of halogens is 1. The summed E-state index contributed by atoms with van der Waals surface area (Å²) in [6.45, 7) is 5.64. The minimum absolute atomic E-state index is 0. The van der Waals surface area contributed by atoms with E-state index in [0.717, 1.165) is 37.4 Å². The molecule has 0 aromatic heterocycles.